The highest BCUT2D eigenvalue weighted by Crippen LogP contribution is 2.13. The van der Waals surface area contributed by atoms with Crippen LogP contribution in [0.1, 0.15) is 45.1 Å². The van der Waals surface area contributed by atoms with Crippen molar-refractivity contribution >= 4 is 35.6 Å². The number of aromatic hydroxyl groups is 1. The molecule has 1 aromatic carbocycles. The van der Waals surface area contributed by atoms with Gasteiger partial charge in [0.2, 0.25) is 23.6 Å². The number of carboxylic acid groups (broad SMARTS) is 2. The van der Waals surface area contributed by atoms with Crippen molar-refractivity contribution < 1.29 is 44.1 Å². The Labute approximate surface area is 219 Å². The highest BCUT2D eigenvalue weighted by Gasteiger charge is 2.32. The number of phenols is 1. The summed E-state index contributed by atoms with van der Waals surface area (Å²) in [4.78, 5) is 72.4. The predicted octanol–water partition coefficient (Wildman–Crippen LogP) is -1.41. The van der Waals surface area contributed by atoms with E-state index >= 15 is 0 Å². The van der Waals surface area contributed by atoms with Crippen LogP contribution in [-0.2, 0) is 35.2 Å². The molecule has 0 fully saturated rings. The Balaban J connectivity index is 3.20. The predicted molar refractivity (Wildman–Crippen MR) is 133 cm³/mol. The number of nitrogens with one attached hydrogen (secondary N) is 3. The Morgan fingerprint density at radius 1 is 0.868 bits per heavy atom. The van der Waals surface area contributed by atoms with E-state index in [1.807, 2.05) is 6.92 Å². The maximum absolute atomic E-state index is 13.2. The average molecular weight is 538 g/mol. The quantitative estimate of drug-likeness (QED) is 0.122. The third-order valence-electron chi connectivity index (χ3n) is 5.87. The number of hydrogen-bond donors (Lipinski definition) is 8. The van der Waals surface area contributed by atoms with E-state index in [1.165, 1.54) is 24.3 Å². The molecule has 210 valence electrons. The molecular weight excluding hydrogens is 502 g/mol. The Morgan fingerprint density at radius 2 is 1.39 bits per heavy atom. The van der Waals surface area contributed by atoms with E-state index in [4.69, 9.17) is 16.6 Å². The lowest BCUT2D eigenvalue weighted by molar-refractivity contribution is -0.144. The molecule has 4 amide bonds. The number of carboxylic acids is 2. The monoisotopic (exact) mass is 537 g/mol. The molecule has 14 nitrogen and oxygen atoms in total. The number of phenolic OH excluding ortho intramolecular Hbond substituents is 1. The van der Waals surface area contributed by atoms with Gasteiger partial charge in [0.25, 0.3) is 0 Å². The topological polar surface area (TPSA) is 251 Å². The summed E-state index contributed by atoms with van der Waals surface area (Å²) >= 11 is 0. The van der Waals surface area contributed by atoms with Crippen LogP contribution in [0.25, 0.3) is 0 Å². The van der Waals surface area contributed by atoms with Crippen LogP contribution in [0, 0.1) is 5.92 Å². The summed E-state index contributed by atoms with van der Waals surface area (Å²) in [7, 11) is 0. The molecule has 0 saturated heterocycles. The molecule has 0 bridgehead atoms. The number of amides is 4. The molecule has 1 aromatic rings. The summed E-state index contributed by atoms with van der Waals surface area (Å²) in [6.45, 7) is 3.60. The molecule has 0 aliphatic carbocycles. The Morgan fingerprint density at radius 3 is 1.89 bits per heavy atom. The van der Waals surface area contributed by atoms with Gasteiger partial charge in [-0.15, -0.1) is 0 Å². The van der Waals surface area contributed by atoms with Crippen molar-refractivity contribution in [2.45, 2.75) is 70.1 Å². The second-order valence-electron chi connectivity index (χ2n) is 8.91. The Kier molecular flexibility index (Phi) is 12.7. The van der Waals surface area contributed by atoms with Gasteiger partial charge in [-0.05, 0) is 30.0 Å². The van der Waals surface area contributed by atoms with Crippen LogP contribution in [0.15, 0.2) is 24.3 Å². The fraction of sp³-hybridized carbons (Fsp3) is 0.500. The normalized spacial score (nSPS) is 14.7. The molecule has 0 aliphatic heterocycles. The molecule has 5 atom stereocenters. The van der Waals surface area contributed by atoms with Crippen molar-refractivity contribution in [3.8, 4) is 5.75 Å². The minimum absolute atomic E-state index is 0.0214. The lowest BCUT2D eigenvalue weighted by Gasteiger charge is -2.26. The summed E-state index contributed by atoms with van der Waals surface area (Å²) in [5.41, 5.74) is 11.5. The van der Waals surface area contributed by atoms with Crippen LogP contribution < -0.4 is 27.4 Å². The second-order valence-corrected chi connectivity index (χ2v) is 8.91. The van der Waals surface area contributed by atoms with Gasteiger partial charge >= 0.3 is 11.9 Å². The number of aliphatic carboxylic acids is 2. The van der Waals surface area contributed by atoms with E-state index in [2.05, 4.69) is 16.0 Å². The highest BCUT2D eigenvalue weighted by atomic mass is 16.4. The number of primary amides is 1. The molecule has 0 aliphatic rings. The van der Waals surface area contributed by atoms with E-state index in [0.29, 0.717) is 12.0 Å². The number of hydrogen-bond acceptors (Lipinski definition) is 8. The van der Waals surface area contributed by atoms with Gasteiger partial charge in [-0.1, -0.05) is 32.4 Å². The average Bonchev–Trinajstić information content (AvgIpc) is 2.85. The molecule has 0 aromatic heterocycles. The first kappa shape index (κ1) is 31.8. The SMILES string of the molecule is CCC(C)C(N)C(=O)NC(Cc1ccc(O)cc1)C(=O)NC(CCC(=O)O)C(=O)NC(CC(N)=O)C(=O)O. The van der Waals surface area contributed by atoms with E-state index < -0.39 is 79.0 Å². The number of rotatable bonds is 16. The van der Waals surface area contributed by atoms with Crippen LogP contribution in [0.3, 0.4) is 0 Å². The van der Waals surface area contributed by atoms with Crippen molar-refractivity contribution in [3.63, 3.8) is 0 Å². The Bertz CT molecular complexity index is 1020. The summed E-state index contributed by atoms with van der Waals surface area (Å²) in [5, 5.41) is 34.8. The highest BCUT2D eigenvalue weighted by molar-refractivity contribution is 5.95. The van der Waals surface area contributed by atoms with E-state index in [0.717, 1.165) is 0 Å². The van der Waals surface area contributed by atoms with Crippen molar-refractivity contribution in [2.24, 2.45) is 17.4 Å². The molecular formula is C24H35N5O9. The first-order valence-electron chi connectivity index (χ1n) is 11.9. The molecule has 0 radical (unpaired) electrons. The largest absolute Gasteiger partial charge is 0.508 e. The number of carbonyl (C=O) groups is 6. The van der Waals surface area contributed by atoms with Crippen molar-refractivity contribution in [1.29, 1.82) is 0 Å². The van der Waals surface area contributed by atoms with Crippen molar-refractivity contribution in [3.05, 3.63) is 29.8 Å². The zero-order valence-corrected chi connectivity index (χ0v) is 21.2. The van der Waals surface area contributed by atoms with Gasteiger partial charge in [0.05, 0.1) is 12.5 Å². The first-order valence-corrected chi connectivity index (χ1v) is 11.9. The van der Waals surface area contributed by atoms with Crippen LogP contribution in [0.5, 0.6) is 5.75 Å². The maximum atomic E-state index is 13.2. The molecule has 0 heterocycles. The van der Waals surface area contributed by atoms with Gasteiger partial charge < -0.3 is 42.7 Å². The minimum Gasteiger partial charge on any atom is -0.508 e. The number of nitrogens with two attached hydrogens (primary N) is 2. The standard InChI is InChI=1S/C24H35N5O9/c1-3-12(2)20(26)23(36)28-16(10-13-4-6-14(30)7-5-13)22(35)27-15(8-9-19(32)33)21(34)29-17(24(37)38)11-18(25)31/h4-7,12,15-17,20,30H,3,8-11,26H2,1-2H3,(H2,25,31)(H,27,35)(H,28,36)(H,29,34)(H,32,33)(H,37,38). The molecule has 10 N–H and O–H groups in total. The van der Waals surface area contributed by atoms with Crippen LogP contribution in [0.4, 0.5) is 0 Å². The van der Waals surface area contributed by atoms with Gasteiger partial charge in [-0.25, -0.2) is 4.79 Å². The fourth-order valence-corrected chi connectivity index (χ4v) is 3.34. The summed E-state index contributed by atoms with van der Waals surface area (Å²) < 4.78 is 0. The molecule has 1 rings (SSSR count). The molecule has 0 saturated carbocycles. The zero-order chi connectivity index (χ0) is 29.0. The van der Waals surface area contributed by atoms with Crippen molar-refractivity contribution in [1.82, 2.24) is 16.0 Å². The van der Waals surface area contributed by atoms with E-state index in [9.17, 15) is 39.0 Å². The minimum atomic E-state index is -1.70. The fourth-order valence-electron chi connectivity index (χ4n) is 3.34. The van der Waals surface area contributed by atoms with E-state index in [-0.39, 0.29) is 18.1 Å². The molecule has 38 heavy (non-hydrogen) atoms. The molecule has 14 heteroatoms. The zero-order valence-electron chi connectivity index (χ0n) is 21.2. The smallest absolute Gasteiger partial charge is 0.326 e. The maximum Gasteiger partial charge on any atom is 0.326 e. The van der Waals surface area contributed by atoms with Crippen LogP contribution in [0.2, 0.25) is 0 Å². The third-order valence-corrected chi connectivity index (χ3v) is 5.87. The van der Waals surface area contributed by atoms with Gasteiger partial charge in [0.1, 0.15) is 23.9 Å². The number of carbonyl (C=O) groups excluding carboxylic acids is 4. The van der Waals surface area contributed by atoms with Crippen LogP contribution in [-0.4, -0.2) is 75.1 Å². The summed E-state index contributed by atoms with van der Waals surface area (Å²) in [6.07, 6.45) is -1.18. The van der Waals surface area contributed by atoms with Crippen LogP contribution >= 0.6 is 0 Å². The molecule has 0 spiro atoms. The lowest BCUT2D eigenvalue weighted by atomic mass is 9.98. The third kappa shape index (κ3) is 10.8. The lowest BCUT2D eigenvalue weighted by Crippen LogP contribution is -2.58. The molecule has 5 unspecified atom stereocenters. The van der Waals surface area contributed by atoms with Gasteiger partial charge in [-0.2, -0.15) is 0 Å². The van der Waals surface area contributed by atoms with Crippen molar-refractivity contribution in [2.75, 3.05) is 0 Å². The number of benzene rings is 1. The second kappa shape index (κ2) is 15.1. The first-order chi connectivity index (χ1) is 17.7. The summed E-state index contributed by atoms with van der Waals surface area (Å²) in [6, 6.07) is 0.379. The Hall–Kier alpha value is -4.20. The van der Waals surface area contributed by atoms with Gasteiger partial charge in [0, 0.05) is 12.8 Å². The van der Waals surface area contributed by atoms with Gasteiger partial charge in [-0.3, -0.25) is 24.0 Å². The summed E-state index contributed by atoms with van der Waals surface area (Å²) in [5.74, 6) is -6.62. The van der Waals surface area contributed by atoms with Gasteiger partial charge in [0.15, 0.2) is 0 Å². The van der Waals surface area contributed by atoms with E-state index in [1.54, 1.807) is 6.92 Å².